The normalized spacial score (nSPS) is 26.1. The molecule has 0 aromatic heterocycles. The Balaban J connectivity index is 1.71. The molecule has 2 aliphatic rings. The molecule has 0 saturated carbocycles. The van der Waals surface area contributed by atoms with Gasteiger partial charge in [-0.15, -0.1) is 0 Å². The topological polar surface area (TPSA) is 70.0 Å². The zero-order chi connectivity index (χ0) is 13.4. The van der Waals surface area contributed by atoms with Crippen LogP contribution in [0.4, 0.5) is 0 Å². The number of fused-ring (bicyclic) bond motifs is 1. The van der Waals surface area contributed by atoms with Crippen molar-refractivity contribution >= 4 is 5.97 Å². The molecule has 2 unspecified atom stereocenters. The number of hydrogen-bond donors (Lipinski definition) is 2. The van der Waals surface area contributed by atoms with Gasteiger partial charge < -0.3 is 14.9 Å². The van der Waals surface area contributed by atoms with E-state index in [1.165, 1.54) is 0 Å². The van der Waals surface area contributed by atoms with Crippen molar-refractivity contribution in [3.05, 3.63) is 23.8 Å². The predicted molar refractivity (Wildman–Crippen MR) is 68.3 cm³/mol. The van der Waals surface area contributed by atoms with E-state index in [1.807, 2.05) is 6.07 Å². The molecule has 2 atom stereocenters. The number of phenolic OH excluding ortho intramolecular Hbond substituents is 1. The fourth-order valence-electron chi connectivity index (χ4n) is 3.04. The van der Waals surface area contributed by atoms with E-state index in [-0.39, 0.29) is 24.1 Å². The monoisotopic (exact) mass is 263 g/mol. The minimum absolute atomic E-state index is 0.189. The lowest BCUT2D eigenvalue weighted by molar-refractivity contribution is -0.138. The number of carboxylic acid groups (broad SMARTS) is 1. The van der Waals surface area contributed by atoms with Gasteiger partial charge >= 0.3 is 5.97 Å². The van der Waals surface area contributed by atoms with Crippen LogP contribution in [0.25, 0.3) is 0 Å². The molecule has 1 saturated heterocycles. The molecule has 1 aromatic rings. The standard InChI is InChI=1S/C14H17NO4/c16-10-1-2-11-12(8-19-13(11)6-10)15-4-3-9(7-15)5-14(17)18/h1-2,6,9,12,16H,3-5,7-8H2,(H,17,18). The number of likely N-dealkylation sites (tertiary alicyclic amines) is 1. The van der Waals surface area contributed by atoms with Crippen LogP contribution in [-0.2, 0) is 4.79 Å². The lowest BCUT2D eigenvalue weighted by Gasteiger charge is -2.22. The number of phenols is 1. The first kappa shape index (κ1) is 12.3. The minimum Gasteiger partial charge on any atom is -0.508 e. The van der Waals surface area contributed by atoms with Gasteiger partial charge in [0.05, 0.1) is 6.04 Å². The molecule has 1 aromatic carbocycles. The zero-order valence-electron chi connectivity index (χ0n) is 10.6. The lowest BCUT2D eigenvalue weighted by Crippen LogP contribution is -2.28. The molecule has 0 aliphatic carbocycles. The number of carboxylic acids is 1. The van der Waals surface area contributed by atoms with E-state index >= 15 is 0 Å². The van der Waals surface area contributed by atoms with Gasteiger partial charge in [-0.25, -0.2) is 0 Å². The van der Waals surface area contributed by atoms with Crippen molar-refractivity contribution in [1.82, 2.24) is 4.90 Å². The fraction of sp³-hybridized carbons (Fsp3) is 0.500. The molecule has 0 amide bonds. The first-order valence-corrected chi connectivity index (χ1v) is 6.55. The Morgan fingerprint density at radius 3 is 3.11 bits per heavy atom. The average molecular weight is 263 g/mol. The summed E-state index contributed by atoms with van der Waals surface area (Å²) in [5.41, 5.74) is 1.09. The van der Waals surface area contributed by atoms with Gasteiger partial charge in [0.15, 0.2) is 0 Å². The Labute approximate surface area is 111 Å². The van der Waals surface area contributed by atoms with E-state index in [4.69, 9.17) is 9.84 Å². The van der Waals surface area contributed by atoms with Crippen LogP contribution in [0.3, 0.4) is 0 Å². The van der Waals surface area contributed by atoms with Crippen LogP contribution in [0.5, 0.6) is 11.5 Å². The van der Waals surface area contributed by atoms with E-state index in [0.29, 0.717) is 6.61 Å². The number of ether oxygens (including phenoxy) is 1. The van der Waals surface area contributed by atoms with E-state index in [2.05, 4.69) is 4.90 Å². The smallest absolute Gasteiger partial charge is 0.303 e. The second-order valence-corrected chi connectivity index (χ2v) is 5.30. The number of aliphatic carboxylic acids is 1. The van der Waals surface area contributed by atoms with Gasteiger partial charge in [-0.2, -0.15) is 0 Å². The van der Waals surface area contributed by atoms with Crippen molar-refractivity contribution in [2.75, 3.05) is 19.7 Å². The van der Waals surface area contributed by atoms with Gasteiger partial charge in [0, 0.05) is 24.6 Å². The second-order valence-electron chi connectivity index (χ2n) is 5.30. The van der Waals surface area contributed by atoms with Crippen LogP contribution in [-0.4, -0.2) is 40.8 Å². The molecule has 5 nitrogen and oxygen atoms in total. The predicted octanol–water partition coefficient (Wildman–Crippen LogP) is 1.62. The number of benzene rings is 1. The maximum Gasteiger partial charge on any atom is 0.303 e. The van der Waals surface area contributed by atoms with Gasteiger partial charge in [-0.3, -0.25) is 9.69 Å². The van der Waals surface area contributed by atoms with Gasteiger partial charge in [-0.1, -0.05) is 0 Å². The van der Waals surface area contributed by atoms with Crippen LogP contribution in [0.15, 0.2) is 18.2 Å². The van der Waals surface area contributed by atoms with Crippen molar-refractivity contribution in [3.8, 4) is 11.5 Å². The third-order valence-corrected chi connectivity index (χ3v) is 3.97. The molecule has 5 heteroatoms. The highest BCUT2D eigenvalue weighted by atomic mass is 16.5. The number of nitrogens with zero attached hydrogens (tertiary/aromatic N) is 1. The highest BCUT2D eigenvalue weighted by molar-refractivity contribution is 5.67. The quantitative estimate of drug-likeness (QED) is 0.867. The molecule has 0 bridgehead atoms. The first-order valence-electron chi connectivity index (χ1n) is 6.55. The summed E-state index contributed by atoms with van der Waals surface area (Å²) in [6.45, 7) is 2.30. The van der Waals surface area contributed by atoms with Crippen molar-refractivity contribution in [3.63, 3.8) is 0 Å². The molecule has 0 radical (unpaired) electrons. The Morgan fingerprint density at radius 1 is 1.47 bits per heavy atom. The second kappa shape index (κ2) is 4.74. The lowest BCUT2D eigenvalue weighted by atomic mass is 10.0. The summed E-state index contributed by atoms with van der Waals surface area (Å²) >= 11 is 0. The summed E-state index contributed by atoms with van der Waals surface area (Å²) < 4.78 is 5.60. The number of hydrogen-bond acceptors (Lipinski definition) is 4. The molecule has 2 aliphatic heterocycles. The molecule has 2 N–H and O–H groups in total. The molecule has 0 spiro atoms. The van der Waals surface area contributed by atoms with E-state index in [0.717, 1.165) is 30.8 Å². The largest absolute Gasteiger partial charge is 0.508 e. The summed E-state index contributed by atoms with van der Waals surface area (Å²) in [6.07, 6.45) is 1.17. The maximum atomic E-state index is 10.7. The van der Waals surface area contributed by atoms with Crippen molar-refractivity contribution in [2.24, 2.45) is 5.92 Å². The average Bonchev–Trinajstić information content (AvgIpc) is 2.93. The van der Waals surface area contributed by atoms with Crippen LogP contribution in [0, 0.1) is 5.92 Å². The third kappa shape index (κ3) is 2.38. The molecule has 19 heavy (non-hydrogen) atoms. The maximum absolute atomic E-state index is 10.7. The SMILES string of the molecule is O=C(O)CC1CCN(C2COc3cc(O)ccc32)C1. The number of carbonyl (C=O) groups is 1. The van der Waals surface area contributed by atoms with Gasteiger partial charge in [0.1, 0.15) is 18.1 Å². The van der Waals surface area contributed by atoms with Gasteiger partial charge in [0.2, 0.25) is 0 Å². The van der Waals surface area contributed by atoms with Crippen molar-refractivity contribution in [2.45, 2.75) is 18.9 Å². The molecular formula is C14H17NO4. The summed E-state index contributed by atoms with van der Waals surface area (Å²) in [7, 11) is 0. The number of aromatic hydroxyl groups is 1. The van der Waals surface area contributed by atoms with Crippen LogP contribution in [0.2, 0.25) is 0 Å². The summed E-state index contributed by atoms with van der Waals surface area (Å²) in [6, 6.07) is 5.40. The molecule has 102 valence electrons. The van der Waals surface area contributed by atoms with Crippen LogP contribution < -0.4 is 4.74 Å². The fourth-order valence-corrected chi connectivity index (χ4v) is 3.04. The highest BCUT2D eigenvalue weighted by Crippen LogP contribution is 2.40. The Morgan fingerprint density at radius 2 is 2.32 bits per heavy atom. The third-order valence-electron chi connectivity index (χ3n) is 3.97. The summed E-state index contributed by atoms with van der Waals surface area (Å²) in [5, 5.41) is 18.3. The highest BCUT2D eigenvalue weighted by Gasteiger charge is 2.35. The van der Waals surface area contributed by atoms with Crippen molar-refractivity contribution < 1.29 is 19.7 Å². The van der Waals surface area contributed by atoms with Crippen LogP contribution in [0.1, 0.15) is 24.4 Å². The number of rotatable bonds is 3. The Bertz CT molecular complexity index is 502. The molecule has 1 fully saturated rings. The minimum atomic E-state index is -0.722. The van der Waals surface area contributed by atoms with Crippen LogP contribution >= 0.6 is 0 Å². The van der Waals surface area contributed by atoms with E-state index in [9.17, 15) is 9.90 Å². The van der Waals surface area contributed by atoms with E-state index in [1.54, 1.807) is 12.1 Å². The first-order chi connectivity index (χ1) is 9.13. The van der Waals surface area contributed by atoms with Gasteiger partial charge in [0.25, 0.3) is 0 Å². The van der Waals surface area contributed by atoms with Crippen molar-refractivity contribution in [1.29, 1.82) is 0 Å². The molecular weight excluding hydrogens is 246 g/mol. The summed E-state index contributed by atoms with van der Waals surface area (Å²) in [5.74, 6) is 0.467. The zero-order valence-corrected chi connectivity index (χ0v) is 10.6. The van der Waals surface area contributed by atoms with Gasteiger partial charge in [-0.05, 0) is 31.0 Å². The van der Waals surface area contributed by atoms with E-state index < -0.39 is 5.97 Å². The Hall–Kier alpha value is -1.75. The molecule has 2 heterocycles. The molecule has 3 rings (SSSR count). The Kier molecular flexibility index (Phi) is 3.06. The summed E-state index contributed by atoms with van der Waals surface area (Å²) in [4.78, 5) is 13.0.